The van der Waals surface area contributed by atoms with Crippen LogP contribution in [-0.4, -0.2) is 6.29 Å². The molecule has 0 aromatic heterocycles. The number of carbonyl (C=O) groups excluding carboxylic acids is 1. The van der Waals surface area contributed by atoms with Crippen LogP contribution in [0.5, 0.6) is 0 Å². The predicted octanol–water partition coefficient (Wildman–Crippen LogP) is 2.18. The van der Waals surface area contributed by atoms with Crippen molar-refractivity contribution in [2.75, 3.05) is 0 Å². The second-order valence-electron chi connectivity index (χ2n) is 3.02. The number of hydrogen-bond acceptors (Lipinski definition) is 1. The molecule has 1 fully saturated rings. The first-order chi connectivity index (χ1) is 4.88. The number of hydrogen-bond donors (Lipinski definition) is 0. The van der Waals surface area contributed by atoms with Gasteiger partial charge in [0.05, 0.1) is 0 Å². The summed E-state index contributed by atoms with van der Waals surface area (Å²) in [5.74, 6) is 0.938. The highest BCUT2D eigenvalue weighted by atomic mass is 16.1. The molecule has 0 N–H and O–H groups in total. The van der Waals surface area contributed by atoms with Gasteiger partial charge in [-0.15, -0.1) is 6.58 Å². The third kappa shape index (κ3) is 1.47. The average molecular weight is 138 g/mol. The van der Waals surface area contributed by atoms with Crippen LogP contribution < -0.4 is 0 Å². The van der Waals surface area contributed by atoms with Crippen molar-refractivity contribution in [2.45, 2.75) is 25.7 Å². The van der Waals surface area contributed by atoms with Gasteiger partial charge in [-0.2, -0.15) is 0 Å². The van der Waals surface area contributed by atoms with E-state index in [1.807, 2.05) is 6.08 Å². The Morgan fingerprint density at radius 1 is 1.50 bits per heavy atom. The van der Waals surface area contributed by atoms with Gasteiger partial charge in [-0.25, -0.2) is 0 Å². The fraction of sp³-hybridized carbons (Fsp3) is 0.667. The highest BCUT2D eigenvalue weighted by Gasteiger charge is 2.24. The largest absolute Gasteiger partial charge is 0.303 e. The summed E-state index contributed by atoms with van der Waals surface area (Å²) in [5, 5.41) is 0. The maximum absolute atomic E-state index is 10.5. The van der Waals surface area contributed by atoms with E-state index in [9.17, 15) is 4.79 Å². The first kappa shape index (κ1) is 7.52. The molecule has 0 saturated heterocycles. The molecule has 0 radical (unpaired) electrons. The molecular weight excluding hydrogens is 124 g/mol. The van der Waals surface area contributed by atoms with Crippen molar-refractivity contribution >= 4 is 6.29 Å². The number of allylic oxidation sites excluding steroid dienone is 1. The second kappa shape index (κ2) is 3.55. The zero-order valence-electron chi connectivity index (χ0n) is 6.25. The number of rotatable bonds is 3. The molecule has 0 bridgehead atoms. The maximum Gasteiger partial charge on any atom is 0.123 e. The van der Waals surface area contributed by atoms with E-state index in [4.69, 9.17) is 0 Å². The molecule has 1 aliphatic rings. The molecule has 56 valence electrons. The fourth-order valence-electron chi connectivity index (χ4n) is 1.75. The van der Waals surface area contributed by atoms with Gasteiger partial charge in [0, 0.05) is 5.92 Å². The van der Waals surface area contributed by atoms with Gasteiger partial charge in [-0.3, -0.25) is 0 Å². The van der Waals surface area contributed by atoms with E-state index < -0.39 is 0 Å². The van der Waals surface area contributed by atoms with Crippen LogP contribution in [-0.2, 0) is 4.79 Å². The average Bonchev–Trinajstić information content (AvgIpc) is 2.36. The number of carbonyl (C=O) groups is 1. The standard InChI is InChI=1S/C9H14O/c1-2-4-8-5-3-6-9(8)7-10/h2,7-9H,1,3-6H2/t8-,9-/m1/s1. The van der Waals surface area contributed by atoms with E-state index in [0.29, 0.717) is 11.8 Å². The molecule has 0 aliphatic heterocycles. The van der Waals surface area contributed by atoms with Gasteiger partial charge in [-0.1, -0.05) is 12.5 Å². The molecule has 0 unspecified atom stereocenters. The Balaban J connectivity index is 2.41. The van der Waals surface area contributed by atoms with Gasteiger partial charge in [0.2, 0.25) is 0 Å². The summed E-state index contributed by atoms with van der Waals surface area (Å²) in [6, 6.07) is 0. The minimum absolute atomic E-state index is 0.331. The lowest BCUT2D eigenvalue weighted by molar-refractivity contribution is -0.111. The van der Waals surface area contributed by atoms with Crippen LogP contribution in [0, 0.1) is 11.8 Å². The summed E-state index contributed by atoms with van der Waals surface area (Å²) in [5.41, 5.74) is 0. The van der Waals surface area contributed by atoms with Gasteiger partial charge in [-0.05, 0) is 25.2 Å². The lowest BCUT2D eigenvalue weighted by atomic mass is 9.94. The normalized spacial score (nSPS) is 32.0. The van der Waals surface area contributed by atoms with Gasteiger partial charge >= 0.3 is 0 Å². The van der Waals surface area contributed by atoms with Crippen molar-refractivity contribution in [2.24, 2.45) is 11.8 Å². The highest BCUT2D eigenvalue weighted by Crippen LogP contribution is 2.32. The SMILES string of the molecule is C=CC[C@@H]1CCC[C@@H]1C=O. The van der Waals surface area contributed by atoms with E-state index in [-0.39, 0.29) is 0 Å². The Kier molecular flexibility index (Phi) is 2.67. The Labute approximate surface area is 62.1 Å². The van der Waals surface area contributed by atoms with Crippen LogP contribution in [0.15, 0.2) is 12.7 Å². The first-order valence-corrected chi connectivity index (χ1v) is 3.94. The van der Waals surface area contributed by atoms with Crippen molar-refractivity contribution in [3.8, 4) is 0 Å². The molecule has 1 heteroatoms. The monoisotopic (exact) mass is 138 g/mol. The lowest BCUT2D eigenvalue weighted by Crippen LogP contribution is -2.07. The van der Waals surface area contributed by atoms with Crippen molar-refractivity contribution in [1.82, 2.24) is 0 Å². The van der Waals surface area contributed by atoms with E-state index >= 15 is 0 Å². The maximum atomic E-state index is 10.5. The molecule has 0 spiro atoms. The van der Waals surface area contributed by atoms with Gasteiger partial charge in [0.1, 0.15) is 6.29 Å². The first-order valence-electron chi connectivity index (χ1n) is 3.94. The molecule has 2 atom stereocenters. The Morgan fingerprint density at radius 2 is 2.30 bits per heavy atom. The molecule has 1 nitrogen and oxygen atoms in total. The highest BCUT2D eigenvalue weighted by molar-refractivity contribution is 5.54. The van der Waals surface area contributed by atoms with E-state index in [1.165, 1.54) is 12.8 Å². The summed E-state index contributed by atoms with van der Waals surface area (Å²) in [4.78, 5) is 10.5. The summed E-state index contributed by atoms with van der Waals surface area (Å²) < 4.78 is 0. The van der Waals surface area contributed by atoms with Crippen LogP contribution in [0.25, 0.3) is 0 Å². The van der Waals surface area contributed by atoms with Crippen molar-refractivity contribution < 1.29 is 4.79 Å². The summed E-state index contributed by atoms with van der Waals surface area (Å²) in [6.07, 6.45) is 7.59. The van der Waals surface area contributed by atoms with Crippen LogP contribution in [0.1, 0.15) is 25.7 Å². The van der Waals surface area contributed by atoms with Crippen molar-refractivity contribution in [3.05, 3.63) is 12.7 Å². The minimum atomic E-state index is 0.331. The Bertz CT molecular complexity index is 129. The van der Waals surface area contributed by atoms with Crippen LogP contribution in [0.4, 0.5) is 0 Å². The molecule has 10 heavy (non-hydrogen) atoms. The number of aldehydes is 1. The molecule has 0 aromatic rings. The molecule has 1 saturated carbocycles. The molecule has 0 amide bonds. The van der Waals surface area contributed by atoms with Gasteiger partial charge in [0.25, 0.3) is 0 Å². The van der Waals surface area contributed by atoms with Crippen molar-refractivity contribution in [1.29, 1.82) is 0 Å². The zero-order valence-corrected chi connectivity index (χ0v) is 6.25. The lowest BCUT2D eigenvalue weighted by Gasteiger charge is -2.09. The van der Waals surface area contributed by atoms with Crippen LogP contribution in [0.3, 0.4) is 0 Å². The zero-order chi connectivity index (χ0) is 7.40. The molecule has 1 rings (SSSR count). The predicted molar refractivity (Wildman–Crippen MR) is 41.7 cm³/mol. The van der Waals surface area contributed by atoms with E-state index in [0.717, 1.165) is 19.1 Å². The third-order valence-corrected chi connectivity index (χ3v) is 2.36. The van der Waals surface area contributed by atoms with Crippen molar-refractivity contribution in [3.63, 3.8) is 0 Å². The van der Waals surface area contributed by atoms with E-state index in [1.54, 1.807) is 0 Å². The van der Waals surface area contributed by atoms with Crippen LogP contribution >= 0.6 is 0 Å². The summed E-state index contributed by atoms with van der Waals surface area (Å²) in [6.45, 7) is 3.68. The van der Waals surface area contributed by atoms with Gasteiger partial charge in [0.15, 0.2) is 0 Å². The topological polar surface area (TPSA) is 17.1 Å². The Morgan fingerprint density at radius 3 is 2.90 bits per heavy atom. The summed E-state index contributed by atoms with van der Waals surface area (Å²) >= 11 is 0. The summed E-state index contributed by atoms with van der Waals surface area (Å²) in [7, 11) is 0. The minimum Gasteiger partial charge on any atom is -0.303 e. The third-order valence-electron chi connectivity index (χ3n) is 2.36. The van der Waals surface area contributed by atoms with Crippen LogP contribution in [0.2, 0.25) is 0 Å². The smallest absolute Gasteiger partial charge is 0.123 e. The molecule has 0 heterocycles. The molecular formula is C9H14O. The van der Waals surface area contributed by atoms with E-state index in [2.05, 4.69) is 6.58 Å². The molecule has 1 aliphatic carbocycles. The Hall–Kier alpha value is -0.590. The second-order valence-corrected chi connectivity index (χ2v) is 3.02. The van der Waals surface area contributed by atoms with Gasteiger partial charge < -0.3 is 4.79 Å². The molecule has 0 aromatic carbocycles. The fourth-order valence-corrected chi connectivity index (χ4v) is 1.75. The quantitative estimate of drug-likeness (QED) is 0.431.